The average Bonchev–Trinajstić information content (AvgIpc) is 2.86. The first-order valence-corrected chi connectivity index (χ1v) is 10.6. The van der Waals surface area contributed by atoms with Gasteiger partial charge in [-0.05, 0) is 42.0 Å². The number of allylic oxidation sites excluding steroid dienone is 2. The Kier molecular flexibility index (Phi) is 7.15. The van der Waals surface area contributed by atoms with Crippen molar-refractivity contribution in [2.24, 2.45) is 0 Å². The van der Waals surface area contributed by atoms with Gasteiger partial charge in [0.2, 0.25) is 11.6 Å². The van der Waals surface area contributed by atoms with E-state index in [2.05, 4.69) is 10.6 Å². The van der Waals surface area contributed by atoms with Crippen LogP contribution in [0.2, 0.25) is 0 Å². The van der Waals surface area contributed by atoms with Crippen molar-refractivity contribution in [1.29, 1.82) is 0 Å². The first-order chi connectivity index (χ1) is 16.6. The molecule has 0 aliphatic heterocycles. The predicted octanol–water partition coefficient (Wildman–Crippen LogP) is 3.79. The molecule has 0 saturated carbocycles. The highest BCUT2D eigenvalue weighted by molar-refractivity contribution is 6.21. The van der Waals surface area contributed by atoms with Crippen LogP contribution in [0.5, 0.6) is 11.5 Å². The maximum absolute atomic E-state index is 12.3. The molecule has 0 unspecified atom stereocenters. The van der Waals surface area contributed by atoms with Crippen LogP contribution < -0.4 is 20.1 Å². The number of nitrogens with one attached hydrogen (secondary N) is 2. The Labute approximate surface area is 196 Å². The lowest BCUT2D eigenvalue weighted by Gasteiger charge is -2.15. The third kappa shape index (κ3) is 6.20. The van der Waals surface area contributed by atoms with Gasteiger partial charge in [-0.1, -0.05) is 48.5 Å². The van der Waals surface area contributed by atoms with Crippen LogP contribution in [0.3, 0.4) is 0 Å². The van der Waals surface area contributed by atoms with Gasteiger partial charge in [0.15, 0.2) is 6.61 Å². The van der Waals surface area contributed by atoms with Gasteiger partial charge >= 0.3 is 0 Å². The van der Waals surface area contributed by atoms with Crippen molar-refractivity contribution in [3.63, 3.8) is 0 Å². The molecule has 0 spiro atoms. The van der Waals surface area contributed by atoms with Crippen molar-refractivity contribution in [1.82, 2.24) is 5.32 Å². The molecule has 1 aliphatic rings. The topological polar surface area (TPSA) is 93.7 Å². The van der Waals surface area contributed by atoms with Crippen molar-refractivity contribution < 1.29 is 23.9 Å². The van der Waals surface area contributed by atoms with Crippen molar-refractivity contribution in [3.8, 4) is 11.5 Å². The predicted molar refractivity (Wildman–Crippen MR) is 127 cm³/mol. The van der Waals surface area contributed by atoms with Gasteiger partial charge in [-0.25, -0.2) is 0 Å². The fraction of sp³-hybridized carbons (Fsp3) is 0.0741. The summed E-state index contributed by atoms with van der Waals surface area (Å²) in [6, 6.07) is 25.7. The number of amides is 1. The number of rotatable bonds is 9. The minimum absolute atomic E-state index is 0.0955. The number of hydrogen-bond acceptors (Lipinski definition) is 6. The summed E-state index contributed by atoms with van der Waals surface area (Å²) in [5.41, 5.74) is 1.78. The highest BCUT2D eigenvalue weighted by atomic mass is 16.5. The number of hydrogen-bond donors (Lipinski definition) is 2. The Morgan fingerprint density at radius 1 is 0.676 bits per heavy atom. The molecule has 0 atom stereocenters. The molecule has 3 aromatic carbocycles. The molecule has 0 heterocycles. The standard InChI is InChI=1S/C27H22N2O5/c30-25-16-24(26(31)15-23(25)28-20-9-5-2-6-10-20)29-27(32)18-34-22-13-11-21(12-14-22)33-17-19-7-3-1-4-8-19/h1-16,28H,17-18H2,(H,29,32). The Bertz CT molecular complexity index is 1230. The number of carbonyl (C=O) groups is 3. The van der Waals surface area contributed by atoms with E-state index in [1.54, 1.807) is 36.4 Å². The molecule has 170 valence electrons. The molecule has 3 aromatic rings. The first kappa shape index (κ1) is 22.5. The largest absolute Gasteiger partial charge is 0.489 e. The minimum Gasteiger partial charge on any atom is -0.489 e. The normalized spacial score (nSPS) is 12.9. The van der Waals surface area contributed by atoms with E-state index in [1.807, 2.05) is 48.5 Å². The Hall–Kier alpha value is -4.65. The molecule has 1 aliphatic carbocycles. The van der Waals surface area contributed by atoms with Crippen LogP contribution >= 0.6 is 0 Å². The van der Waals surface area contributed by atoms with Gasteiger partial charge in [0.1, 0.15) is 18.1 Å². The molecule has 34 heavy (non-hydrogen) atoms. The first-order valence-electron chi connectivity index (χ1n) is 10.6. The molecule has 2 N–H and O–H groups in total. The van der Waals surface area contributed by atoms with Crippen LogP contribution in [0.1, 0.15) is 5.56 Å². The zero-order valence-corrected chi connectivity index (χ0v) is 18.2. The fourth-order valence-electron chi connectivity index (χ4n) is 3.14. The molecule has 4 rings (SSSR count). The van der Waals surface area contributed by atoms with Crippen LogP contribution in [0.25, 0.3) is 0 Å². The number of ether oxygens (including phenoxy) is 2. The third-order valence-electron chi connectivity index (χ3n) is 4.85. The van der Waals surface area contributed by atoms with E-state index in [0.29, 0.717) is 23.8 Å². The molecule has 1 amide bonds. The number of anilines is 1. The molecule has 7 heteroatoms. The molecule has 0 bridgehead atoms. The highest BCUT2D eigenvalue weighted by Crippen LogP contribution is 2.19. The summed E-state index contributed by atoms with van der Waals surface area (Å²) < 4.78 is 11.2. The van der Waals surface area contributed by atoms with E-state index < -0.39 is 17.5 Å². The number of ketones is 2. The van der Waals surface area contributed by atoms with Crippen LogP contribution in [0.4, 0.5) is 5.69 Å². The van der Waals surface area contributed by atoms with Crippen LogP contribution in [0.15, 0.2) is 108 Å². The average molecular weight is 454 g/mol. The number of para-hydroxylation sites is 1. The highest BCUT2D eigenvalue weighted by Gasteiger charge is 2.22. The zero-order valence-electron chi connectivity index (χ0n) is 18.2. The molecule has 0 aromatic heterocycles. The van der Waals surface area contributed by atoms with Gasteiger partial charge in [0, 0.05) is 17.8 Å². The summed E-state index contributed by atoms with van der Waals surface area (Å²) in [5.74, 6) is -0.304. The quantitative estimate of drug-likeness (QED) is 0.478. The van der Waals surface area contributed by atoms with E-state index in [9.17, 15) is 14.4 Å². The van der Waals surface area contributed by atoms with Crippen molar-refractivity contribution >= 4 is 23.2 Å². The van der Waals surface area contributed by atoms with Gasteiger partial charge < -0.3 is 20.1 Å². The molecule has 0 radical (unpaired) electrons. The van der Waals surface area contributed by atoms with Crippen LogP contribution in [-0.2, 0) is 21.0 Å². The van der Waals surface area contributed by atoms with Crippen LogP contribution in [0, 0.1) is 0 Å². The van der Waals surface area contributed by atoms with E-state index in [0.717, 1.165) is 11.6 Å². The summed E-state index contributed by atoms with van der Waals surface area (Å²) >= 11 is 0. The minimum atomic E-state index is -0.551. The van der Waals surface area contributed by atoms with Gasteiger partial charge in [0.05, 0.1) is 11.4 Å². The van der Waals surface area contributed by atoms with Gasteiger partial charge in [-0.15, -0.1) is 0 Å². The maximum Gasteiger partial charge on any atom is 0.262 e. The number of carbonyl (C=O) groups excluding carboxylic acids is 3. The number of benzene rings is 3. The Morgan fingerprint density at radius 2 is 1.24 bits per heavy atom. The Morgan fingerprint density at radius 3 is 1.91 bits per heavy atom. The summed E-state index contributed by atoms with van der Waals surface area (Å²) in [7, 11) is 0. The van der Waals surface area contributed by atoms with E-state index in [-0.39, 0.29) is 18.0 Å². The van der Waals surface area contributed by atoms with Gasteiger partial charge in [-0.3, -0.25) is 14.4 Å². The Balaban J connectivity index is 1.25. The van der Waals surface area contributed by atoms with E-state index >= 15 is 0 Å². The van der Waals surface area contributed by atoms with E-state index in [4.69, 9.17) is 9.47 Å². The van der Waals surface area contributed by atoms with Crippen LogP contribution in [-0.4, -0.2) is 24.1 Å². The van der Waals surface area contributed by atoms with E-state index in [1.165, 1.54) is 6.08 Å². The molecule has 0 fully saturated rings. The summed E-state index contributed by atoms with van der Waals surface area (Å²) in [4.78, 5) is 36.9. The molecular weight excluding hydrogens is 432 g/mol. The zero-order chi connectivity index (χ0) is 23.8. The van der Waals surface area contributed by atoms with Gasteiger partial charge in [0.25, 0.3) is 5.91 Å². The molecule has 0 saturated heterocycles. The summed E-state index contributed by atoms with van der Waals surface area (Å²) in [6.07, 6.45) is 2.27. The smallest absolute Gasteiger partial charge is 0.262 e. The van der Waals surface area contributed by atoms with Gasteiger partial charge in [-0.2, -0.15) is 0 Å². The second kappa shape index (κ2) is 10.8. The monoisotopic (exact) mass is 454 g/mol. The lowest BCUT2D eigenvalue weighted by atomic mass is 10.1. The van der Waals surface area contributed by atoms with Crippen molar-refractivity contribution in [2.45, 2.75) is 6.61 Å². The molecular formula is C27H22N2O5. The molecule has 7 nitrogen and oxygen atoms in total. The maximum atomic E-state index is 12.3. The lowest BCUT2D eigenvalue weighted by Crippen LogP contribution is -2.33. The SMILES string of the molecule is O=C(COc1ccc(OCc2ccccc2)cc1)NC1=CC(=O)C(Nc2ccccc2)=CC1=O. The van der Waals surface area contributed by atoms with Crippen molar-refractivity contribution in [2.75, 3.05) is 11.9 Å². The third-order valence-corrected chi connectivity index (χ3v) is 4.85. The van der Waals surface area contributed by atoms with Crippen molar-refractivity contribution in [3.05, 3.63) is 114 Å². The summed E-state index contributed by atoms with van der Waals surface area (Å²) in [5, 5.41) is 5.34. The fourth-order valence-corrected chi connectivity index (χ4v) is 3.14. The second-order valence-corrected chi connectivity index (χ2v) is 7.42. The lowest BCUT2D eigenvalue weighted by molar-refractivity contribution is -0.124. The summed E-state index contributed by atoms with van der Waals surface area (Å²) in [6.45, 7) is 0.129. The second-order valence-electron chi connectivity index (χ2n) is 7.42.